The Bertz CT molecular complexity index is 527. The lowest BCUT2D eigenvalue weighted by atomic mass is 10.3. The van der Waals surface area contributed by atoms with Crippen LogP contribution in [0.5, 0.6) is 5.75 Å². The molecule has 0 spiro atoms. The van der Waals surface area contributed by atoms with E-state index in [9.17, 15) is 8.42 Å². The Morgan fingerprint density at radius 2 is 2.28 bits per heavy atom. The largest absolute Gasteiger partial charge is 0.496 e. The average Bonchev–Trinajstić information content (AvgIpc) is 2.81. The highest BCUT2D eigenvalue weighted by Gasteiger charge is 2.23. The third-order valence-corrected chi connectivity index (χ3v) is 4.95. The number of ether oxygens (including phenoxy) is 1. The van der Waals surface area contributed by atoms with Crippen molar-refractivity contribution in [2.75, 3.05) is 20.2 Å². The zero-order chi connectivity index (χ0) is 13.2. The Balaban J connectivity index is 2.21. The summed E-state index contributed by atoms with van der Waals surface area (Å²) < 4.78 is 32.7. The van der Waals surface area contributed by atoms with Gasteiger partial charge in [0.25, 0.3) is 0 Å². The zero-order valence-electron chi connectivity index (χ0n) is 9.94. The maximum Gasteiger partial charge on any atom is 0.240 e. The van der Waals surface area contributed by atoms with Crippen molar-refractivity contribution in [2.45, 2.75) is 17.4 Å². The summed E-state index contributed by atoms with van der Waals surface area (Å²) >= 11 is 3.28. The fourth-order valence-electron chi connectivity index (χ4n) is 1.86. The molecular formula is C11H15BrN2O3S. The Morgan fingerprint density at radius 3 is 2.83 bits per heavy atom. The smallest absolute Gasteiger partial charge is 0.240 e. The second-order valence-electron chi connectivity index (χ2n) is 4.11. The van der Waals surface area contributed by atoms with Gasteiger partial charge in [-0.2, -0.15) is 0 Å². The molecule has 0 aromatic heterocycles. The van der Waals surface area contributed by atoms with Crippen molar-refractivity contribution in [2.24, 2.45) is 0 Å². The summed E-state index contributed by atoms with van der Waals surface area (Å²) in [5.41, 5.74) is 0. The lowest BCUT2D eigenvalue weighted by Crippen LogP contribution is -2.36. The molecule has 0 saturated carbocycles. The van der Waals surface area contributed by atoms with Gasteiger partial charge in [-0.25, -0.2) is 13.1 Å². The zero-order valence-corrected chi connectivity index (χ0v) is 12.3. The van der Waals surface area contributed by atoms with Crippen LogP contribution in [0.25, 0.3) is 0 Å². The van der Waals surface area contributed by atoms with Gasteiger partial charge in [0, 0.05) is 12.6 Å². The van der Waals surface area contributed by atoms with Crippen molar-refractivity contribution in [3.05, 3.63) is 22.7 Å². The maximum absolute atomic E-state index is 12.1. The molecule has 2 N–H and O–H groups in total. The molecule has 1 heterocycles. The number of rotatable bonds is 4. The molecule has 1 aliphatic heterocycles. The molecule has 1 atom stereocenters. The van der Waals surface area contributed by atoms with E-state index in [1.165, 1.54) is 13.2 Å². The summed E-state index contributed by atoms with van der Waals surface area (Å²) in [6, 6.07) is 4.68. The summed E-state index contributed by atoms with van der Waals surface area (Å²) in [5, 5.41) is 3.12. The molecule has 0 bridgehead atoms. The van der Waals surface area contributed by atoms with Gasteiger partial charge >= 0.3 is 0 Å². The van der Waals surface area contributed by atoms with E-state index >= 15 is 0 Å². The van der Waals surface area contributed by atoms with E-state index in [4.69, 9.17) is 4.74 Å². The van der Waals surface area contributed by atoms with Crippen molar-refractivity contribution < 1.29 is 13.2 Å². The number of methoxy groups -OCH3 is 1. The van der Waals surface area contributed by atoms with Crippen LogP contribution < -0.4 is 14.8 Å². The lowest BCUT2D eigenvalue weighted by molar-refractivity contribution is 0.411. The Labute approximate surface area is 115 Å². The van der Waals surface area contributed by atoms with E-state index in [-0.39, 0.29) is 10.9 Å². The molecule has 0 amide bonds. The lowest BCUT2D eigenvalue weighted by Gasteiger charge is -2.13. The highest BCUT2D eigenvalue weighted by Crippen LogP contribution is 2.27. The summed E-state index contributed by atoms with van der Waals surface area (Å²) in [5.74, 6) is 0.608. The number of sulfonamides is 1. The van der Waals surface area contributed by atoms with Crippen LogP contribution in [0.2, 0.25) is 0 Å². The quantitative estimate of drug-likeness (QED) is 0.865. The predicted molar refractivity (Wildman–Crippen MR) is 72.3 cm³/mol. The summed E-state index contributed by atoms with van der Waals surface area (Å²) in [6.45, 7) is 1.52. The van der Waals surface area contributed by atoms with Crippen LogP contribution >= 0.6 is 15.9 Å². The minimum atomic E-state index is -3.47. The van der Waals surface area contributed by atoms with Crippen LogP contribution in [-0.2, 0) is 10.0 Å². The average molecular weight is 335 g/mol. The summed E-state index contributed by atoms with van der Waals surface area (Å²) in [7, 11) is -1.93. The minimum Gasteiger partial charge on any atom is -0.496 e. The first-order valence-electron chi connectivity index (χ1n) is 5.59. The topological polar surface area (TPSA) is 67.4 Å². The Morgan fingerprint density at radius 1 is 1.50 bits per heavy atom. The normalized spacial score (nSPS) is 20.0. The summed E-state index contributed by atoms with van der Waals surface area (Å²) in [6.07, 6.45) is 0.816. The molecule has 18 heavy (non-hydrogen) atoms. The van der Waals surface area contributed by atoms with Crippen molar-refractivity contribution in [3.8, 4) is 5.75 Å². The third-order valence-electron chi connectivity index (χ3n) is 2.82. The molecule has 0 unspecified atom stereocenters. The molecule has 0 aliphatic carbocycles. The van der Waals surface area contributed by atoms with Crippen LogP contribution in [0, 0.1) is 0 Å². The van der Waals surface area contributed by atoms with E-state index in [0.29, 0.717) is 16.8 Å². The van der Waals surface area contributed by atoms with Gasteiger partial charge < -0.3 is 10.1 Å². The van der Waals surface area contributed by atoms with E-state index in [2.05, 4.69) is 26.0 Å². The van der Waals surface area contributed by atoms with Crippen LogP contribution in [0.1, 0.15) is 6.42 Å². The number of hydrogen-bond donors (Lipinski definition) is 2. The molecule has 1 aromatic carbocycles. The fourth-order valence-corrected chi connectivity index (χ4v) is 3.85. The van der Waals surface area contributed by atoms with Gasteiger partial charge in [-0.15, -0.1) is 0 Å². The van der Waals surface area contributed by atoms with Crippen molar-refractivity contribution in [1.29, 1.82) is 0 Å². The maximum atomic E-state index is 12.1. The first kappa shape index (κ1) is 13.8. The molecule has 2 rings (SSSR count). The first-order valence-corrected chi connectivity index (χ1v) is 7.87. The predicted octanol–water partition coefficient (Wildman–Crippen LogP) is 1.10. The molecule has 1 aromatic rings. The number of hydrogen-bond acceptors (Lipinski definition) is 4. The Kier molecular flexibility index (Phi) is 4.26. The van der Waals surface area contributed by atoms with Gasteiger partial charge in [-0.1, -0.05) is 0 Å². The van der Waals surface area contributed by atoms with E-state index in [1.807, 2.05) is 0 Å². The van der Waals surface area contributed by atoms with Gasteiger partial charge in [0.05, 0.1) is 16.5 Å². The standard InChI is InChI=1S/C11H15BrN2O3S/c1-17-11-3-2-9(6-10(11)12)18(15,16)14-8-4-5-13-7-8/h2-3,6,8,13-14H,4-5,7H2,1H3/t8-/m1/s1. The second kappa shape index (κ2) is 5.56. The minimum absolute atomic E-state index is 0.0316. The van der Waals surface area contributed by atoms with E-state index in [0.717, 1.165) is 13.0 Å². The van der Waals surface area contributed by atoms with Gasteiger partial charge in [0.15, 0.2) is 0 Å². The molecule has 100 valence electrons. The Hall–Kier alpha value is -0.630. The molecule has 1 saturated heterocycles. The highest BCUT2D eigenvalue weighted by molar-refractivity contribution is 9.10. The monoisotopic (exact) mass is 334 g/mol. The van der Waals surface area contributed by atoms with Crippen LogP contribution in [0.4, 0.5) is 0 Å². The van der Waals surface area contributed by atoms with Crippen LogP contribution in [0.15, 0.2) is 27.6 Å². The first-order chi connectivity index (χ1) is 8.53. The molecule has 1 fully saturated rings. The van der Waals surface area contributed by atoms with E-state index < -0.39 is 10.0 Å². The number of halogens is 1. The number of nitrogens with one attached hydrogen (secondary N) is 2. The molecule has 5 nitrogen and oxygen atoms in total. The van der Waals surface area contributed by atoms with Gasteiger partial charge in [-0.05, 0) is 47.1 Å². The second-order valence-corrected chi connectivity index (χ2v) is 6.68. The number of benzene rings is 1. The summed E-state index contributed by atoms with van der Waals surface area (Å²) in [4.78, 5) is 0.238. The van der Waals surface area contributed by atoms with E-state index in [1.54, 1.807) is 12.1 Å². The fraction of sp³-hybridized carbons (Fsp3) is 0.455. The van der Waals surface area contributed by atoms with Crippen molar-refractivity contribution in [1.82, 2.24) is 10.0 Å². The van der Waals surface area contributed by atoms with Crippen LogP contribution in [0.3, 0.4) is 0 Å². The molecule has 1 aliphatic rings. The van der Waals surface area contributed by atoms with Gasteiger partial charge in [-0.3, -0.25) is 0 Å². The van der Waals surface area contributed by atoms with Crippen LogP contribution in [-0.4, -0.2) is 34.7 Å². The SMILES string of the molecule is COc1ccc(S(=O)(=O)N[C@@H]2CCNC2)cc1Br. The van der Waals surface area contributed by atoms with Gasteiger partial charge in [0.2, 0.25) is 10.0 Å². The van der Waals surface area contributed by atoms with Gasteiger partial charge in [0.1, 0.15) is 5.75 Å². The van der Waals surface area contributed by atoms with Crippen molar-refractivity contribution in [3.63, 3.8) is 0 Å². The molecular weight excluding hydrogens is 320 g/mol. The molecule has 7 heteroatoms. The third kappa shape index (κ3) is 3.03. The highest BCUT2D eigenvalue weighted by atomic mass is 79.9. The molecule has 0 radical (unpaired) electrons. The van der Waals surface area contributed by atoms with Crippen molar-refractivity contribution >= 4 is 26.0 Å².